The molecule has 2 rings (SSSR count). The fourth-order valence-corrected chi connectivity index (χ4v) is 2.22. The summed E-state index contributed by atoms with van der Waals surface area (Å²) in [5, 5.41) is 12.0. The van der Waals surface area contributed by atoms with E-state index in [4.69, 9.17) is 0 Å². The van der Waals surface area contributed by atoms with Gasteiger partial charge in [-0.15, -0.1) is 0 Å². The second-order valence-corrected chi connectivity index (χ2v) is 5.56. The van der Waals surface area contributed by atoms with Crippen LogP contribution < -0.4 is 5.32 Å². The van der Waals surface area contributed by atoms with E-state index in [1.54, 1.807) is 6.08 Å². The third kappa shape index (κ3) is 2.45. The van der Waals surface area contributed by atoms with E-state index in [0.29, 0.717) is 17.3 Å². The fraction of sp³-hybridized carbons (Fsp3) is 0.500. The Hall–Kier alpha value is -1.91. The first-order chi connectivity index (χ1) is 8.83. The Morgan fingerprint density at radius 1 is 1.53 bits per heavy atom. The Bertz CT molecular complexity index is 529. The molecule has 0 saturated carbocycles. The fourth-order valence-electron chi connectivity index (χ4n) is 2.22. The van der Waals surface area contributed by atoms with E-state index in [1.165, 1.54) is 0 Å². The average Bonchev–Trinajstić information content (AvgIpc) is 2.75. The van der Waals surface area contributed by atoms with Crippen molar-refractivity contribution in [1.29, 1.82) is 0 Å². The van der Waals surface area contributed by atoms with Crippen molar-refractivity contribution in [2.75, 3.05) is 6.54 Å². The van der Waals surface area contributed by atoms with Crippen molar-refractivity contribution in [3.63, 3.8) is 0 Å². The highest BCUT2D eigenvalue weighted by Gasteiger charge is 2.34. The molecule has 0 aromatic heterocycles. The quantitative estimate of drug-likeness (QED) is 0.809. The number of carbonyl (C=O) groups is 2. The van der Waals surface area contributed by atoms with Gasteiger partial charge in [0.2, 0.25) is 5.91 Å². The zero-order chi connectivity index (χ0) is 14.2. The van der Waals surface area contributed by atoms with E-state index in [2.05, 4.69) is 24.2 Å². The number of amides is 1. The number of carbonyl (C=O) groups excluding carboxylic acids is 1. The van der Waals surface area contributed by atoms with E-state index in [1.807, 2.05) is 13.0 Å². The van der Waals surface area contributed by atoms with E-state index in [-0.39, 0.29) is 23.4 Å². The Balaban J connectivity index is 2.37. The maximum absolute atomic E-state index is 11.4. The molecule has 1 aliphatic heterocycles. The molecular formula is C14H18N2O3. The van der Waals surface area contributed by atoms with Gasteiger partial charge in [0, 0.05) is 5.57 Å². The van der Waals surface area contributed by atoms with Crippen LogP contribution in [0.4, 0.5) is 0 Å². The highest BCUT2D eigenvalue weighted by molar-refractivity contribution is 6.18. The molecule has 0 radical (unpaired) electrons. The lowest BCUT2D eigenvalue weighted by Crippen LogP contribution is -2.32. The van der Waals surface area contributed by atoms with Crippen LogP contribution in [-0.4, -0.2) is 29.4 Å². The molecule has 1 aliphatic carbocycles. The SMILES string of the molecule is CC(C)C1(C)C=C(C(=O)O)C(C2=NCC(=O)N2)=CC1. The minimum absolute atomic E-state index is 0.0705. The topological polar surface area (TPSA) is 78.8 Å². The summed E-state index contributed by atoms with van der Waals surface area (Å²) >= 11 is 0. The maximum atomic E-state index is 11.4. The monoisotopic (exact) mass is 262 g/mol. The van der Waals surface area contributed by atoms with Gasteiger partial charge in [-0.25, -0.2) is 4.79 Å². The van der Waals surface area contributed by atoms with Crippen LogP contribution in [-0.2, 0) is 9.59 Å². The zero-order valence-corrected chi connectivity index (χ0v) is 11.4. The Morgan fingerprint density at radius 2 is 2.21 bits per heavy atom. The van der Waals surface area contributed by atoms with Gasteiger partial charge in [-0.2, -0.15) is 0 Å². The zero-order valence-electron chi connectivity index (χ0n) is 11.4. The summed E-state index contributed by atoms with van der Waals surface area (Å²) < 4.78 is 0. The van der Waals surface area contributed by atoms with Crippen LogP contribution >= 0.6 is 0 Å². The first-order valence-electron chi connectivity index (χ1n) is 6.35. The number of carboxylic acids is 1. The number of nitrogens with one attached hydrogen (secondary N) is 1. The lowest BCUT2D eigenvalue weighted by molar-refractivity contribution is -0.132. The van der Waals surface area contributed by atoms with Crippen molar-refractivity contribution in [2.24, 2.45) is 16.3 Å². The average molecular weight is 262 g/mol. The van der Waals surface area contributed by atoms with E-state index < -0.39 is 5.97 Å². The molecule has 0 spiro atoms. The molecule has 19 heavy (non-hydrogen) atoms. The van der Waals surface area contributed by atoms with Gasteiger partial charge in [0.25, 0.3) is 0 Å². The minimum atomic E-state index is -0.985. The molecule has 0 aromatic rings. The van der Waals surface area contributed by atoms with Gasteiger partial charge in [-0.3, -0.25) is 9.79 Å². The van der Waals surface area contributed by atoms with Crippen LogP contribution in [0.3, 0.4) is 0 Å². The predicted octanol–water partition coefficient (Wildman–Crippen LogP) is 1.52. The second-order valence-electron chi connectivity index (χ2n) is 5.56. The molecule has 1 unspecified atom stereocenters. The number of allylic oxidation sites excluding steroid dienone is 2. The summed E-state index contributed by atoms with van der Waals surface area (Å²) in [6.45, 7) is 6.26. The molecule has 0 saturated heterocycles. The second kappa shape index (κ2) is 4.64. The molecule has 1 amide bonds. The highest BCUT2D eigenvalue weighted by Crippen LogP contribution is 2.39. The van der Waals surface area contributed by atoms with Crippen LogP contribution in [0.2, 0.25) is 0 Å². The van der Waals surface area contributed by atoms with Crippen molar-refractivity contribution >= 4 is 17.7 Å². The summed E-state index contributed by atoms with van der Waals surface area (Å²) in [5.41, 5.74) is 0.570. The lowest BCUT2D eigenvalue weighted by atomic mass is 9.71. The molecule has 102 valence electrons. The summed E-state index contributed by atoms with van der Waals surface area (Å²) in [6.07, 6.45) is 4.40. The van der Waals surface area contributed by atoms with Gasteiger partial charge in [-0.05, 0) is 17.8 Å². The molecule has 2 aliphatic rings. The van der Waals surface area contributed by atoms with Gasteiger partial charge < -0.3 is 10.4 Å². The van der Waals surface area contributed by atoms with E-state index in [0.717, 1.165) is 6.42 Å². The van der Waals surface area contributed by atoms with E-state index >= 15 is 0 Å². The lowest BCUT2D eigenvalue weighted by Gasteiger charge is -2.33. The molecule has 0 aromatic carbocycles. The van der Waals surface area contributed by atoms with Crippen LogP contribution in [0.1, 0.15) is 27.2 Å². The van der Waals surface area contributed by atoms with Gasteiger partial charge >= 0.3 is 5.97 Å². The Morgan fingerprint density at radius 3 is 2.68 bits per heavy atom. The maximum Gasteiger partial charge on any atom is 0.336 e. The van der Waals surface area contributed by atoms with Gasteiger partial charge in [0.1, 0.15) is 12.4 Å². The normalized spacial score (nSPS) is 26.7. The van der Waals surface area contributed by atoms with Crippen LogP contribution in [0.5, 0.6) is 0 Å². The number of amidine groups is 1. The predicted molar refractivity (Wildman–Crippen MR) is 71.8 cm³/mol. The summed E-state index contributed by atoms with van der Waals surface area (Å²) in [5.74, 6) is -0.469. The van der Waals surface area contributed by atoms with Crippen LogP contribution in [0, 0.1) is 11.3 Å². The van der Waals surface area contributed by atoms with Crippen LogP contribution in [0.15, 0.2) is 28.3 Å². The molecule has 5 heteroatoms. The van der Waals surface area contributed by atoms with Crippen molar-refractivity contribution in [1.82, 2.24) is 5.32 Å². The van der Waals surface area contributed by atoms with Crippen molar-refractivity contribution in [3.8, 4) is 0 Å². The first kappa shape index (κ1) is 13.5. The largest absolute Gasteiger partial charge is 0.478 e. The van der Waals surface area contributed by atoms with Gasteiger partial charge in [0.15, 0.2) is 0 Å². The number of nitrogens with zero attached hydrogens (tertiary/aromatic N) is 1. The van der Waals surface area contributed by atoms with Crippen molar-refractivity contribution in [2.45, 2.75) is 27.2 Å². The number of hydrogen-bond acceptors (Lipinski definition) is 3. The molecule has 2 N–H and O–H groups in total. The molecule has 1 atom stereocenters. The number of hydrogen-bond donors (Lipinski definition) is 2. The Kier molecular flexibility index (Phi) is 3.30. The molecular weight excluding hydrogens is 244 g/mol. The molecule has 0 bridgehead atoms. The van der Waals surface area contributed by atoms with Gasteiger partial charge in [-0.1, -0.05) is 32.9 Å². The smallest absolute Gasteiger partial charge is 0.336 e. The number of rotatable bonds is 3. The van der Waals surface area contributed by atoms with E-state index in [9.17, 15) is 14.7 Å². The summed E-state index contributed by atoms with van der Waals surface area (Å²) in [4.78, 5) is 26.7. The molecule has 0 fully saturated rings. The van der Waals surface area contributed by atoms with Crippen molar-refractivity contribution < 1.29 is 14.7 Å². The number of carboxylic acid groups (broad SMARTS) is 1. The number of aliphatic carboxylic acids is 1. The van der Waals surface area contributed by atoms with Gasteiger partial charge in [0.05, 0.1) is 5.57 Å². The molecule has 1 heterocycles. The first-order valence-corrected chi connectivity index (χ1v) is 6.35. The number of aliphatic imine (C=N–C) groups is 1. The summed E-state index contributed by atoms with van der Waals surface area (Å²) in [6, 6.07) is 0. The molecule has 5 nitrogen and oxygen atoms in total. The minimum Gasteiger partial charge on any atom is -0.478 e. The third-order valence-corrected chi connectivity index (χ3v) is 3.95. The van der Waals surface area contributed by atoms with Crippen LogP contribution in [0.25, 0.3) is 0 Å². The van der Waals surface area contributed by atoms with Crippen molar-refractivity contribution in [3.05, 3.63) is 23.3 Å². The Labute approximate surface area is 112 Å². The standard InChI is InChI=1S/C14H18N2O3/c1-8(2)14(3)5-4-9(10(6-14)13(18)19)12-15-7-11(17)16-12/h4,6,8H,5,7H2,1-3H3,(H,18,19)(H,15,16,17). The summed E-state index contributed by atoms with van der Waals surface area (Å²) in [7, 11) is 0. The highest BCUT2D eigenvalue weighted by atomic mass is 16.4. The third-order valence-electron chi connectivity index (χ3n) is 3.95.